The summed E-state index contributed by atoms with van der Waals surface area (Å²) in [6.07, 6.45) is 1.69. The van der Waals surface area contributed by atoms with Gasteiger partial charge in [0, 0.05) is 11.1 Å². The predicted molar refractivity (Wildman–Crippen MR) is 81.8 cm³/mol. The minimum Gasteiger partial charge on any atom is -0.469 e. The summed E-state index contributed by atoms with van der Waals surface area (Å²) in [6.45, 7) is 0. The second kappa shape index (κ2) is 7.20. The lowest BCUT2D eigenvalue weighted by molar-refractivity contribution is -0.139. The van der Waals surface area contributed by atoms with Crippen molar-refractivity contribution in [1.82, 2.24) is 0 Å². The number of ether oxygens (including phenoxy) is 1. The molecule has 0 N–H and O–H groups in total. The summed E-state index contributed by atoms with van der Waals surface area (Å²) in [5.41, 5.74) is 1.89. The number of hydrogen-bond acceptors (Lipinski definition) is 3. The number of carbonyl (C=O) groups is 2. The van der Waals surface area contributed by atoms with Gasteiger partial charge < -0.3 is 4.74 Å². The van der Waals surface area contributed by atoms with Crippen LogP contribution in [0.15, 0.2) is 66.7 Å². The zero-order valence-corrected chi connectivity index (χ0v) is 11.8. The summed E-state index contributed by atoms with van der Waals surface area (Å²) in [5, 5.41) is 0. The third kappa shape index (κ3) is 3.89. The van der Waals surface area contributed by atoms with Crippen molar-refractivity contribution in [3.05, 3.63) is 77.9 Å². The first-order valence-electron chi connectivity index (χ1n) is 6.64. The normalized spacial score (nSPS) is 11.0. The maximum atomic E-state index is 12.6. The van der Waals surface area contributed by atoms with Crippen molar-refractivity contribution < 1.29 is 14.3 Å². The Balaban J connectivity index is 2.37. The van der Waals surface area contributed by atoms with E-state index in [0.717, 1.165) is 5.56 Å². The molecule has 0 fully saturated rings. The number of benzene rings is 2. The molecule has 0 radical (unpaired) electrons. The van der Waals surface area contributed by atoms with E-state index in [2.05, 4.69) is 4.74 Å². The Kier molecular flexibility index (Phi) is 5.04. The van der Waals surface area contributed by atoms with Gasteiger partial charge in [-0.25, -0.2) is 0 Å². The van der Waals surface area contributed by atoms with Crippen LogP contribution in [0, 0.1) is 0 Å². The van der Waals surface area contributed by atoms with Gasteiger partial charge in [0.2, 0.25) is 0 Å². The van der Waals surface area contributed by atoms with Crippen LogP contribution in [0.2, 0.25) is 0 Å². The van der Waals surface area contributed by atoms with Gasteiger partial charge in [0.1, 0.15) is 0 Å². The monoisotopic (exact) mass is 280 g/mol. The van der Waals surface area contributed by atoms with Crippen molar-refractivity contribution >= 4 is 17.3 Å². The number of Topliss-reactive ketones (excluding diaryl/α,β-unsaturated/α-hetero) is 1. The molecular weight excluding hydrogens is 264 g/mol. The molecule has 0 aliphatic heterocycles. The fraction of sp³-hybridized carbons (Fsp3) is 0.111. The maximum absolute atomic E-state index is 12.6. The van der Waals surface area contributed by atoms with E-state index >= 15 is 0 Å². The van der Waals surface area contributed by atoms with Gasteiger partial charge in [0.15, 0.2) is 5.78 Å². The Labute approximate surface area is 123 Å². The highest BCUT2D eigenvalue weighted by Crippen LogP contribution is 2.20. The molecular formula is C18H16O3. The summed E-state index contributed by atoms with van der Waals surface area (Å²) >= 11 is 0. The molecule has 0 aliphatic carbocycles. The summed E-state index contributed by atoms with van der Waals surface area (Å²) in [4.78, 5) is 24.0. The number of esters is 1. The van der Waals surface area contributed by atoms with E-state index < -0.39 is 0 Å². The van der Waals surface area contributed by atoms with Crippen molar-refractivity contribution in [3.63, 3.8) is 0 Å². The van der Waals surface area contributed by atoms with Crippen LogP contribution in [-0.4, -0.2) is 18.9 Å². The number of ketones is 1. The van der Waals surface area contributed by atoms with Crippen LogP contribution >= 0.6 is 0 Å². The van der Waals surface area contributed by atoms with Gasteiger partial charge in [0.05, 0.1) is 13.5 Å². The SMILES string of the molecule is COC(=O)CC=C(C(=O)c1ccccc1)c1ccccc1. The third-order valence-corrected chi connectivity index (χ3v) is 3.07. The van der Waals surface area contributed by atoms with Gasteiger partial charge in [-0.1, -0.05) is 66.7 Å². The van der Waals surface area contributed by atoms with Crippen LogP contribution in [0.5, 0.6) is 0 Å². The Hall–Kier alpha value is -2.68. The largest absolute Gasteiger partial charge is 0.469 e. The first-order valence-corrected chi connectivity index (χ1v) is 6.64. The van der Waals surface area contributed by atoms with Gasteiger partial charge in [0.25, 0.3) is 0 Å². The summed E-state index contributed by atoms with van der Waals surface area (Å²) in [6, 6.07) is 18.3. The molecule has 0 aromatic heterocycles. The Morgan fingerprint density at radius 2 is 1.43 bits per heavy atom. The highest BCUT2D eigenvalue weighted by atomic mass is 16.5. The lowest BCUT2D eigenvalue weighted by atomic mass is 9.96. The van der Waals surface area contributed by atoms with Crippen molar-refractivity contribution in [3.8, 4) is 0 Å². The quantitative estimate of drug-likeness (QED) is 0.478. The highest BCUT2D eigenvalue weighted by Gasteiger charge is 2.14. The van der Waals surface area contributed by atoms with E-state index in [-0.39, 0.29) is 18.2 Å². The van der Waals surface area contributed by atoms with Crippen molar-refractivity contribution in [1.29, 1.82) is 0 Å². The molecule has 0 aliphatic rings. The van der Waals surface area contributed by atoms with E-state index in [4.69, 9.17) is 0 Å². The highest BCUT2D eigenvalue weighted by molar-refractivity contribution is 6.29. The topological polar surface area (TPSA) is 43.4 Å². The molecule has 0 saturated carbocycles. The van der Waals surface area contributed by atoms with Gasteiger partial charge in [-0.3, -0.25) is 9.59 Å². The third-order valence-electron chi connectivity index (χ3n) is 3.07. The lowest BCUT2D eigenvalue weighted by Crippen LogP contribution is -2.05. The first-order chi connectivity index (χ1) is 10.2. The number of carbonyl (C=O) groups excluding carboxylic acids is 2. The Morgan fingerprint density at radius 3 is 1.95 bits per heavy atom. The fourth-order valence-corrected chi connectivity index (χ4v) is 1.97. The van der Waals surface area contributed by atoms with E-state index in [1.807, 2.05) is 48.5 Å². The van der Waals surface area contributed by atoms with Crippen molar-refractivity contribution in [2.45, 2.75) is 6.42 Å². The average Bonchev–Trinajstić information content (AvgIpc) is 2.56. The van der Waals surface area contributed by atoms with Crippen molar-refractivity contribution in [2.24, 2.45) is 0 Å². The standard InChI is InChI=1S/C18H16O3/c1-21-17(19)13-12-16(14-8-4-2-5-9-14)18(20)15-10-6-3-7-11-15/h2-12H,13H2,1H3. The smallest absolute Gasteiger partial charge is 0.309 e. The molecule has 3 heteroatoms. The van der Waals surface area contributed by atoms with Crippen LogP contribution < -0.4 is 0 Å². The Morgan fingerprint density at radius 1 is 0.905 bits per heavy atom. The second-order valence-corrected chi connectivity index (χ2v) is 4.46. The molecule has 0 heterocycles. The molecule has 0 amide bonds. The van der Waals surface area contributed by atoms with E-state index in [1.54, 1.807) is 18.2 Å². The molecule has 0 spiro atoms. The number of methoxy groups -OCH3 is 1. The maximum Gasteiger partial charge on any atom is 0.309 e. The van der Waals surface area contributed by atoms with Crippen LogP contribution in [0.3, 0.4) is 0 Å². The summed E-state index contributed by atoms with van der Waals surface area (Å²) < 4.78 is 4.63. The molecule has 0 atom stereocenters. The summed E-state index contributed by atoms with van der Waals surface area (Å²) in [7, 11) is 1.33. The van der Waals surface area contributed by atoms with E-state index in [1.165, 1.54) is 7.11 Å². The molecule has 2 aromatic carbocycles. The molecule has 21 heavy (non-hydrogen) atoms. The molecule has 0 unspecified atom stereocenters. The predicted octanol–water partition coefficient (Wildman–Crippen LogP) is 3.52. The van der Waals surface area contributed by atoms with E-state index in [9.17, 15) is 9.59 Å². The second-order valence-electron chi connectivity index (χ2n) is 4.46. The van der Waals surface area contributed by atoms with Gasteiger partial charge in [-0.15, -0.1) is 0 Å². The first kappa shape index (κ1) is 14.7. The van der Waals surface area contributed by atoms with Crippen LogP contribution in [0.4, 0.5) is 0 Å². The molecule has 0 bridgehead atoms. The lowest BCUT2D eigenvalue weighted by Gasteiger charge is -2.07. The van der Waals surface area contributed by atoms with Crippen LogP contribution in [0.25, 0.3) is 5.57 Å². The van der Waals surface area contributed by atoms with Crippen LogP contribution in [-0.2, 0) is 9.53 Å². The number of allylic oxidation sites excluding steroid dienone is 1. The minimum absolute atomic E-state index is 0.0688. The zero-order valence-electron chi connectivity index (χ0n) is 11.8. The number of hydrogen-bond donors (Lipinski definition) is 0. The number of rotatable bonds is 5. The molecule has 3 nitrogen and oxygen atoms in total. The zero-order chi connectivity index (χ0) is 15.1. The fourth-order valence-electron chi connectivity index (χ4n) is 1.97. The van der Waals surface area contributed by atoms with Gasteiger partial charge in [-0.05, 0) is 5.56 Å². The molecule has 106 valence electrons. The van der Waals surface area contributed by atoms with Crippen LogP contribution in [0.1, 0.15) is 22.3 Å². The average molecular weight is 280 g/mol. The Bertz CT molecular complexity index is 643. The van der Waals surface area contributed by atoms with Gasteiger partial charge >= 0.3 is 5.97 Å². The molecule has 2 rings (SSSR count). The van der Waals surface area contributed by atoms with E-state index in [0.29, 0.717) is 11.1 Å². The van der Waals surface area contributed by atoms with Crippen molar-refractivity contribution in [2.75, 3.05) is 7.11 Å². The molecule has 0 saturated heterocycles. The van der Waals surface area contributed by atoms with Gasteiger partial charge in [-0.2, -0.15) is 0 Å². The minimum atomic E-state index is -0.371. The summed E-state index contributed by atoms with van der Waals surface area (Å²) in [5.74, 6) is -0.477. The molecule has 2 aromatic rings.